The third-order valence-corrected chi connectivity index (χ3v) is 4.47. The molecule has 5 heteroatoms. The fourth-order valence-electron chi connectivity index (χ4n) is 3.31. The highest BCUT2D eigenvalue weighted by molar-refractivity contribution is 6.07. The smallest absolute Gasteiger partial charge is 0.252 e. The van der Waals surface area contributed by atoms with E-state index in [9.17, 15) is 9.59 Å². The number of amides is 2. The molecule has 21 heavy (non-hydrogen) atoms. The van der Waals surface area contributed by atoms with Gasteiger partial charge in [-0.1, -0.05) is 19.3 Å². The second-order valence-corrected chi connectivity index (χ2v) is 5.99. The molecule has 2 aliphatic rings. The molecule has 0 spiro atoms. The number of imide groups is 1. The molecule has 1 saturated carbocycles. The summed E-state index contributed by atoms with van der Waals surface area (Å²) >= 11 is 0. The lowest BCUT2D eigenvalue weighted by Gasteiger charge is -2.29. The quantitative estimate of drug-likeness (QED) is 0.866. The van der Waals surface area contributed by atoms with E-state index in [1.165, 1.54) is 11.3 Å². The lowest BCUT2D eigenvalue weighted by molar-refractivity contribution is -0.141. The summed E-state index contributed by atoms with van der Waals surface area (Å²) in [6.45, 7) is 1.94. The van der Waals surface area contributed by atoms with Crippen LogP contribution in [-0.2, 0) is 9.59 Å². The second-order valence-electron chi connectivity index (χ2n) is 5.99. The zero-order valence-corrected chi connectivity index (χ0v) is 12.3. The van der Waals surface area contributed by atoms with Crippen LogP contribution >= 0.6 is 0 Å². The predicted molar refractivity (Wildman–Crippen MR) is 79.7 cm³/mol. The van der Waals surface area contributed by atoms with E-state index in [1.807, 2.05) is 13.0 Å². The van der Waals surface area contributed by atoms with Crippen molar-refractivity contribution in [2.24, 2.45) is 0 Å². The molecule has 0 bridgehead atoms. The number of hydrogen-bond donors (Lipinski definition) is 1. The van der Waals surface area contributed by atoms with Gasteiger partial charge in [0, 0.05) is 24.1 Å². The zero-order chi connectivity index (χ0) is 14.8. The largest absolute Gasteiger partial charge is 0.373 e. The van der Waals surface area contributed by atoms with E-state index in [4.69, 9.17) is 0 Å². The van der Waals surface area contributed by atoms with Crippen molar-refractivity contribution in [1.29, 1.82) is 0 Å². The maximum atomic E-state index is 12.6. The summed E-state index contributed by atoms with van der Waals surface area (Å²) in [5.41, 5.74) is 1.86. The van der Waals surface area contributed by atoms with Crippen LogP contribution in [0, 0.1) is 6.92 Å². The molecule has 0 radical (unpaired) electrons. The molecule has 112 valence electrons. The fraction of sp³-hybridized carbons (Fsp3) is 0.562. The van der Waals surface area contributed by atoms with Gasteiger partial charge >= 0.3 is 0 Å². The highest BCUT2D eigenvalue weighted by Crippen LogP contribution is 2.28. The summed E-state index contributed by atoms with van der Waals surface area (Å²) in [5.74, 6) is -0.0979. The van der Waals surface area contributed by atoms with Crippen LogP contribution in [0.1, 0.15) is 44.1 Å². The molecule has 0 aromatic carbocycles. The number of carbonyl (C=O) groups is 2. The Bertz CT molecular complexity index is 552. The van der Waals surface area contributed by atoms with E-state index >= 15 is 0 Å². The lowest BCUT2D eigenvalue weighted by atomic mass is 9.94. The SMILES string of the molecule is Cc1cnccc1NC1CC(=O)N(C2CCCCC2)C1=O. The van der Waals surface area contributed by atoms with E-state index in [1.54, 1.807) is 12.4 Å². The molecule has 2 fully saturated rings. The maximum Gasteiger partial charge on any atom is 0.252 e. The topological polar surface area (TPSA) is 62.3 Å². The van der Waals surface area contributed by atoms with Gasteiger partial charge in [0.05, 0.1) is 6.42 Å². The molecule has 1 saturated heterocycles. The van der Waals surface area contributed by atoms with E-state index in [-0.39, 0.29) is 24.3 Å². The van der Waals surface area contributed by atoms with Gasteiger partial charge in [-0.15, -0.1) is 0 Å². The number of nitrogens with zero attached hydrogens (tertiary/aromatic N) is 2. The van der Waals surface area contributed by atoms with E-state index < -0.39 is 6.04 Å². The Morgan fingerprint density at radius 3 is 2.71 bits per heavy atom. The van der Waals surface area contributed by atoms with Crippen molar-refractivity contribution in [3.05, 3.63) is 24.0 Å². The van der Waals surface area contributed by atoms with Crippen LogP contribution in [0.4, 0.5) is 5.69 Å². The minimum absolute atomic E-state index is 0.0314. The number of pyridine rings is 1. The van der Waals surface area contributed by atoms with Crippen molar-refractivity contribution in [3.8, 4) is 0 Å². The molecule has 1 unspecified atom stereocenters. The Labute approximate surface area is 124 Å². The number of likely N-dealkylation sites (tertiary alicyclic amines) is 1. The summed E-state index contributed by atoms with van der Waals surface area (Å²) in [6, 6.07) is 1.53. The molecule has 1 N–H and O–H groups in total. The summed E-state index contributed by atoms with van der Waals surface area (Å²) in [6.07, 6.45) is 9.06. The van der Waals surface area contributed by atoms with Crippen LogP contribution in [-0.4, -0.2) is 33.8 Å². The molecule has 2 amide bonds. The average Bonchev–Trinajstić information content (AvgIpc) is 2.77. The van der Waals surface area contributed by atoms with Crippen LogP contribution < -0.4 is 5.32 Å². The average molecular weight is 287 g/mol. The number of rotatable bonds is 3. The fourth-order valence-corrected chi connectivity index (χ4v) is 3.31. The lowest BCUT2D eigenvalue weighted by Crippen LogP contribution is -2.43. The summed E-state index contributed by atoms with van der Waals surface area (Å²) in [4.78, 5) is 30.3. The molecular weight excluding hydrogens is 266 g/mol. The minimum Gasteiger partial charge on any atom is -0.373 e. The minimum atomic E-state index is -0.430. The van der Waals surface area contributed by atoms with Gasteiger partial charge in [-0.25, -0.2) is 0 Å². The normalized spacial score (nSPS) is 23.7. The van der Waals surface area contributed by atoms with Crippen LogP contribution in [0.5, 0.6) is 0 Å². The number of carbonyl (C=O) groups excluding carboxylic acids is 2. The van der Waals surface area contributed by atoms with Gasteiger partial charge in [-0.3, -0.25) is 19.5 Å². The standard InChI is InChI=1S/C16H21N3O2/c1-11-10-17-8-7-13(11)18-14-9-15(20)19(16(14)21)12-5-3-2-4-6-12/h7-8,10,12,14H,2-6,9H2,1H3,(H,17,18). The number of anilines is 1. The number of aryl methyl sites for hydroxylation is 1. The first-order valence-electron chi connectivity index (χ1n) is 7.70. The highest BCUT2D eigenvalue weighted by atomic mass is 16.2. The predicted octanol–water partition coefficient (Wildman–Crippen LogP) is 2.26. The van der Waals surface area contributed by atoms with Gasteiger partial charge in [0.2, 0.25) is 5.91 Å². The van der Waals surface area contributed by atoms with Crippen LogP contribution in [0.2, 0.25) is 0 Å². The van der Waals surface area contributed by atoms with Gasteiger partial charge in [0.15, 0.2) is 0 Å². The molecular formula is C16H21N3O2. The Morgan fingerprint density at radius 2 is 2.00 bits per heavy atom. The molecule has 1 aromatic heterocycles. The van der Waals surface area contributed by atoms with Gasteiger partial charge in [-0.2, -0.15) is 0 Å². The first kappa shape index (κ1) is 14.0. The third-order valence-electron chi connectivity index (χ3n) is 4.47. The molecule has 1 aliphatic heterocycles. The Hall–Kier alpha value is -1.91. The Kier molecular flexibility index (Phi) is 3.90. The Morgan fingerprint density at radius 1 is 1.24 bits per heavy atom. The maximum absolute atomic E-state index is 12.6. The number of hydrogen-bond acceptors (Lipinski definition) is 4. The van der Waals surface area contributed by atoms with E-state index in [0.717, 1.165) is 36.9 Å². The molecule has 1 aromatic rings. The summed E-state index contributed by atoms with van der Waals surface area (Å²) < 4.78 is 0. The zero-order valence-electron chi connectivity index (χ0n) is 12.3. The van der Waals surface area contributed by atoms with Crippen molar-refractivity contribution in [2.75, 3.05) is 5.32 Å². The monoisotopic (exact) mass is 287 g/mol. The van der Waals surface area contributed by atoms with Crippen LogP contribution in [0.15, 0.2) is 18.5 Å². The second kappa shape index (κ2) is 5.84. The number of nitrogens with one attached hydrogen (secondary N) is 1. The van der Waals surface area contributed by atoms with E-state index in [2.05, 4.69) is 10.3 Å². The van der Waals surface area contributed by atoms with Crippen molar-refractivity contribution >= 4 is 17.5 Å². The number of aromatic nitrogens is 1. The van der Waals surface area contributed by atoms with Crippen molar-refractivity contribution in [3.63, 3.8) is 0 Å². The van der Waals surface area contributed by atoms with Crippen molar-refractivity contribution in [1.82, 2.24) is 9.88 Å². The van der Waals surface area contributed by atoms with Crippen LogP contribution in [0.25, 0.3) is 0 Å². The van der Waals surface area contributed by atoms with Gasteiger partial charge in [0.1, 0.15) is 6.04 Å². The van der Waals surface area contributed by atoms with Gasteiger partial charge in [0.25, 0.3) is 5.91 Å². The molecule has 1 aliphatic carbocycles. The molecule has 3 rings (SSSR count). The van der Waals surface area contributed by atoms with Crippen molar-refractivity contribution in [2.45, 2.75) is 57.5 Å². The molecule has 5 nitrogen and oxygen atoms in total. The first-order chi connectivity index (χ1) is 10.2. The van der Waals surface area contributed by atoms with E-state index in [0.29, 0.717) is 0 Å². The van der Waals surface area contributed by atoms with Crippen molar-refractivity contribution < 1.29 is 9.59 Å². The molecule has 1 atom stereocenters. The van der Waals surface area contributed by atoms with Gasteiger partial charge in [-0.05, 0) is 31.4 Å². The van der Waals surface area contributed by atoms with Crippen LogP contribution in [0.3, 0.4) is 0 Å². The molecule has 2 heterocycles. The summed E-state index contributed by atoms with van der Waals surface area (Å²) in [7, 11) is 0. The third kappa shape index (κ3) is 2.77. The van der Waals surface area contributed by atoms with Gasteiger partial charge < -0.3 is 5.32 Å². The summed E-state index contributed by atoms with van der Waals surface area (Å²) in [5, 5.41) is 3.21. The highest BCUT2D eigenvalue weighted by Gasteiger charge is 2.42. The first-order valence-corrected chi connectivity index (χ1v) is 7.70. The Balaban J connectivity index is 1.72.